The van der Waals surface area contributed by atoms with Crippen LogP contribution in [-0.4, -0.2) is 57.5 Å². The summed E-state index contributed by atoms with van der Waals surface area (Å²) in [6.07, 6.45) is 1.98. The molecule has 0 spiro atoms. The molecule has 1 unspecified atom stereocenters. The Bertz CT molecular complexity index is 1280. The molecule has 1 aromatic heterocycles. The molecule has 0 bridgehead atoms. The quantitative estimate of drug-likeness (QED) is 0.624. The molecule has 8 heteroatoms. The van der Waals surface area contributed by atoms with E-state index in [-0.39, 0.29) is 24.1 Å². The van der Waals surface area contributed by atoms with Gasteiger partial charge in [-0.2, -0.15) is 0 Å². The lowest BCUT2D eigenvalue weighted by Crippen LogP contribution is -2.54. The number of hydrogen-bond donors (Lipinski definition) is 1. The molecule has 0 radical (unpaired) electrons. The zero-order chi connectivity index (χ0) is 23.5. The van der Waals surface area contributed by atoms with E-state index in [0.717, 1.165) is 25.9 Å². The van der Waals surface area contributed by atoms with Gasteiger partial charge in [0.25, 0.3) is 11.5 Å². The monoisotopic (exact) mass is 452 g/mol. The molecule has 33 heavy (non-hydrogen) atoms. The molecule has 3 aromatic rings. The topological polar surface area (TPSA) is 78.4 Å². The van der Waals surface area contributed by atoms with Crippen molar-refractivity contribution in [1.29, 1.82) is 0 Å². The third-order valence-corrected chi connectivity index (χ3v) is 6.38. The van der Waals surface area contributed by atoms with Crippen LogP contribution in [0, 0.1) is 5.82 Å². The number of H-pyrrole nitrogens is 1. The molecule has 174 valence electrons. The number of hydrogen-bond acceptors (Lipinski definition) is 4. The Balaban J connectivity index is 1.62. The third-order valence-electron chi connectivity index (χ3n) is 6.38. The molecular formula is C25H29FN4O3. The smallest absolute Gasteiger partial charge is 0.329 e. The average Bonchev–Trinajstić information content (AvgIpc) is 2.82. The summed E-state index contributed by atoms with van der Waals surface area (Å²) in [7, 11) is 0. The van der Waals surface area contributed by atoms with Gasteiger partial charge in [-0.3, -0.25) is 24.0 Å². The van der Waals surface area contributed by atoms with Crippen molar-refractivity contribution in [2.75, 3.05) is 26.2 Å². The minimum absolute atomic E-state index is 0.00748. The van der Waals surface area contributed by atoms with Crippen molar-refractivity contribution >= 4 is 16.8 Å². The van der Waals surface area contributed by atoms with Crippen LogP contribution in [0.4, 0.5) is 4.39 Å². The molecule has 2 aromatic carbocycles. The van der Waals surface area contributed by atoms with Crippen LogP contribution in [0.15, 0.2) is 52.1 Å². The molecule has 1 aliphatic rings. The number of amides is 1. The third kappa shape index (κ3) is 4.61. The van der Waals surface area contributed by atoms with Crippen LogP contribution in [0.1, 0.15) is 42.6 Å². The van der Waals surface area contributed by atoms with E-state index in [9.17, 15) is 18.8 Å². The van der Waals surface area contributed by atoms with Gasteiger partial charge in [0.1, 0.15) is 5.82 Å². The molecule has 1 amide bonds. The molecule has 1 saturated heterocycles. The van der Waals surface area contributed by atoms with Crippen molar-refractivity contribution < 1.29 is 9.18 Å². The highest BCUT2D eigenvalue weighted by Gasteiger charge is 2.29. The van der Waals surface area contributed by atoms with E-state index in [4.69, 9.17) is 0 Å². The van der Waals surface area contributed by atoms with Gasteiger partial charge < -0.3 is 4.90 Å². The van der Waals surface area contributed by atoms with E-state index in [0.29, 0.717) is 29.6 Å². The molecule has 0 saturated carbocycles. The number of rotatable bonds is 6. The van der Waals surface area contributed by atoms with Crippen molar-refractivity contribution in [3.63, 3.8) is 0 Å². The van der Waals surface area contributed by atoms with Gasteiger partial charge in [-0.25, -0.2) is 9.18 Å². The average molecular weight is 453 g/mol. The Labute approximate surface area is 191 Å². The summed E-state index contributed by atoms with van der Waals surface area (Å²) in [5.74, 6) is -0.908. The molecule has 1 atom stereocenters. The first-order chi connectivity index (χ1) is 15.9. The lowest BCUT2D eigenvalue weighted by atomic mass is 10.1. The standard InChI is InChI=1S/C25H29FN4O3/c1-3-11-28-12-13-29(16-18(28)4-2)24(32)20-14-17(9-10-21(20)26)15-30-22-8-6-5-7-19(22)23(31)27-25(30)33/h5-10,14,18H,3-4,11-13,15-16H2,1-2H3,(H,27,31,33). The van der Waals surface area contributed by atoms with Gasteiger partial charge >= 0.3 is 5.69 Å². The lowest BCUT2D eigenvalue weighted by Gasteiger charge is -2.41. The van der Waals surface area contributed by atoms with Crippen LogP contribution in [0.3, 0.4) is 0 Å². The summed E-state index contributed by atoms with van der Waals surface area (Å²) < 4.78 is 16.1. The van der Waals surface area contributed by atoms with Crippen molar-refractivity contribution in [3.8, 4) is 0 Å². The number of carbonyl (C=O) groups is 1. The minimum atomic E-state index is -0.577. The van der Waals surface area contributed by atoms with E-state index in [2.05, 4.69) is 23.7 Å². The van der Waals surface area contributed by atoms with Gasteiger partial charge in [-0.1, -0.05) is 32.0 Å². The Morgan fingerprint density at radius 1 is 1.12 bits per heavy atom. The summed E-state index contributed by atoms with van der Waals surface area (Å²) in [6, 6.07) is 11.4. The molecule has 0 aliphatic carbocycles. The SMILES string of the molecule is CCCN1CCN(C(=O)c2cc(Cn3c(=O)[nH]c(=O)c4ccccc43)ccc2F)CC1CC. The largest absolute Gasteiger partial charge is 0.336 e. The van der Waals surface area contributed by atoms with Gasteiger partial charge in [0.05, 0.1) is 23.0 Å². The highest BCUT2D eigenvalue weighted by atomic mass is 19.1. The second kappa shape index (κ2) is 9.70. The molecule has 1 N–H and O–H groups in total. The second-order valence-corrected chi connectivity index (χ2v) is 8.53. The Morgan fingerprint density at radius 3 is 2.67 bits per heavy atom. The number of halogens is 1. The Morgan fingerprint density at radius 2 is 1.91 bits per heavy atom. The highest BCUT2D eigenvalue weighted by Crippen LogP contribution is 2.19. The van der Waals surface area contributed by atoms with Crippen LogP contribution in [0.2, 0.25) is 0 Å². The number of fused-ring (bicyclic) bond motifs is 1. The van der Waals surface area contributed by atoms with Gasteiger partial charge in [-0.05, 0) is 49.2 Å². The zero-order valence-corrected chi connectivity index (χ0v) is 19.0. The number of para-hydroxylation sites is 1. The summed E-state index contributed by atoms with van der Waals surface area (Å²) in [5, 5.41) is 0.395. The van der Waals surface area contributed by atoms with E-state index in [1.165, 1.54) is 16.7 Å². The first-order valence-corrected chi connectivity index (χ1v) is 11.5. The first kappa shape index (κ1) is 22.9. The maximum atomic E-state index is 14.7. The maximum Gasteiger partial charge on any atom is 0.329 e. The van der Waals surface area contributed by atoms with Crippen molar-refractivity contribution in [3.05, 3.63) is 80.2 Å². The van der Waals surface area contributed by atoms with E-state index < -0.39 is 17.1 Å². The minimum Gasteiger partial charge on any atom is -0.336 e. The molecule has 1 fully saturated rings. The predicted octanol–water partition coefficient (Wildman–Crippen LogP) is 2.82. The van der Waals surface area contributed by atoms with Gasteiger partial charge in [0.2, 0.25) is 0 Å². The van der Waals surface area contributed by atoms with Crippen LogP contribution >= 0.6 is 0 Å². The summed E-state index contributed by atoms with van der Waals surface area (Å²) in [4.78, 5) is 44.3. The van der Waals surface area contributed by atoms with Gasteiger partial charge in [-0.15, -0.1) is 0 Å². The maximum absolute atomic E-state index is 14.7. The van der Waals surface area contributed by atoms with Gasteiger partial charge in [0.15, 0.2) is 0 Å². The molecule has 1 aliphatic heterocycles. The fraction of sp³-hybridized carbons (Fsp3) is 0.400. The molecule has 2 heterocycles. The summed E-state index contributed by atoms with van der Waals surface area (Å²) >= 11 is 0. The number of nitrogens with zero attached hydrogens (tertiary/aromatic N) is 3. The molecule has 4 rings (SSSR count). The number of carbonyl (C=O) groups excluding carboxylic acids is 1. The van der Waals surface area contributed by atoms with E-state index in [1.807, 2.05) is 0 Å². The highest BCUT2D eigenvalue weighted by molar-refractivity contribution is 5.94. The number of nitrogens with one attached hydrogen (secondary N) is 1. The van der Waals surface area contributed by atoms with Crippen molar-refractivity contribution in [1.82, 2.24) is 19.4 Å². The van der Waals surface area contributed by atoms with Crippen LogP contribution in [-0.2, 0) is 6.54 Å². The van der Waals surface area contributed by atoms with Crippen LogP contribution in [0.5, 0.6) is 0 Å². The fourth-order valence-electron chi connectivity index (χ4n) is 4.63. The summed E-state index contributed by atoms with van der Waals surface area (Å²) in [6.45, 7) is 7.26. The van der Waals surface area contributed by atoms with Crippen molar-refractivity contribution in [2.24, 2.45) is 0 Å². The van der Waals surface area contributed by atoms with Crippen LogP contribution in [0.25, 0.3) is 10.9 Å². The number of aromatic nitrogens is 2. The Hall–Kier alpha value is -3.26. The van der Waals surface area contributed by atoms with E-state index >= 15 is 0 Å². The summed E-state index contributed by atoms with van der Waals surface area (Å²) in [5.41, 5.74) is 0.105. The number of benzene rings is 2. The Kier molecular flexibility index (Phi) is 6.74. The first-order valence-electron chi connectivity index (χ1n) is 11.5. The second-order valence-electron chi connectivity index (χ2n) is 8.53. The predicted molar refractivity (Wildman–Crippen MR) is 126 cm³/mol. The molecular weight excluding hydrogens is 423 g/mol. The van der Waals surface area contributed by atoms with Crippen molar-refractivity contribution in [2.45, 2.75) is 39.3 Å². The number of piperazine rings is 1. The fourth-order valence-corrected chi connectivity index (χ4v) is 4.63. The van der Waals surface area contributed by atoms with E-state index in [1.54, 1.807) is 35.2 Å². The normalized spacial score (nSPS) is 16.9. The lowest BCUT2D eigenvalue weighted by molar-refractivity contribution is 0.0471. The zero-order valence-electron chi connectivity index (χ0n) is 19.0. The number of aromatic amines is 1. The van der Waals surface area contributed by atoms with Crippen LogP contribution < -0.4 is 11.2 Å². The van der Waals surface area contributed by atoms with Gasteiger partial charge in [0, 0.05) is 25.7 Å². The molecule has 7 nitrogen and oxygen atoms in total.